The minimum atomic E-state index is -0.675. The Labute approximate surface area is 125 Å². The summed E-state index contributed by atoms with van der Waals surface area (Å²) in [5.74, 6) is -0.731. The average Bonchev–Trinajstić information content (AvgIpc) is 2.44. The third kappa shape index (κ3) is 4.99. The van der Waals surface area contributed by atoms with Gasteiger partial charge in [-0.3, -0.25) is 4.79 Å². The lowest BCUT2D eigenvalue weighted by atomic mass is 10.2. The van der Waals surface area contributed by atoms with Crippen molar-refractivity contribution in [3.05, 3.63) is 24.0 Å². The number of nitrogens with two attached hydrogens (primary N) is 1. The number of nitrogens with zero attached hydrogens (tertiary/aromatic N) is 1. The predicted octanol–water partition coefficient (Wildman–Crippen LogP) is 1.97. The van der Waals surface area contributed by atoms with Crippen molar-refractivity contribution in [2.45, 2.75) is 32.4 Å². The van der Waals surface area contributed by atoms with E-state index in [0.29, 0.717) is 24.4 Å². The number of nitrogens with one attached hydrogen (secondary N) is 1. The Morgan fingerprint density at radius 1 is 1.48 bits per heavy atom. The maximum atomic E-state index is 14.1. The van der Waals surface area contributed by atoms with Crippen molar-refractivity contribution in [3.63, 3.8) is 0 Å². The summed E-state index contributed by atoms with van der Waals surface area (Å²) in [6.45, 7) is 4.36. The van der Waals surface area contributed by atoms with E-state index in [4.69, 9.17) is 10.5 Å². The number of carbonyl (C=O) groups is 1. The van der Waals surface area contributed by atoms with Crippen molar-refractivity contribution in [1.29, 1.82) is 0 Å². The second-order valence-corrected chi connectivity index (χ2v) is 5.25. The van der Waals surface area contributed by atoms with Crippen LogP contribution in [0.2, 0.25) is 0 Å². The van der Waals surface area contributed by atoms with E-state index in [0.717, 1.165) is 0 Å². The molecule has 0 saturated carbocycles. The maximum Gasteiger partial charge on any atom is 0.241 e. The second-order valence-electron chi connectivity index (χ2n) is 5.25. The Morgan fingerprint density at radius 2 is 2.14 bits per heavy atom. The lowest BCUT2D eigenvalue weighted by Crippen LogP contribution is -2.36. The summed E-state index contributed by atoms with van der Waals surface area (Å²) < 4.78 is 18.9. The molecule has 3 N–H and O–H groups in total. The summed E-state index contributed by atoms with van der Waals surface area (Å²) in [6, 6.07) is 4.12. The summed E-state index contributed by atoms with van der Waals surface area (Å²) in [6.07, 6.45) is 0.416. The highest BCUT2D eigenvalue weighted by Gasteiger charge is 2.15. The zero-order valence-corrected chi connectivity index (χ0v) is 13.0. The Morgan fingerprint density at radius 3 is 2.67 bits per heavy atom. The van der Waals surface area contributed by atoms with Crippen molar-refractivity contribution in [2.24, 2.45) is 5.73 Å². The van der Waals surface area contributed by atoms with Gasteiger partial charge in [-0.05, 0) is 38.5 Å². The number of anilines is 2. The summed E-state index contributed by atoms with van der Waals surface area (Å²) in [4.78, 5) is 13.7. The van der Waals surface area contributed by atoms with Gasteiger partial charge in [-0.15, -0.1) is 0 Å². The molecule has 0 spiro atoms. The van der Waals surface area contributed by atoms with Crippen LogP contribution in [0, 0.1) is 5.82 Å². The Balaban J connectivity index is 2.74. The van der Waals surface area contributed by atoms with E-state index in [-0.39, 0.29) is 17.8 Å². The number of hydrogen-bond acceptors (Lipinski definition) is 4. The van der Waals surface area contributed by atoms with Crippen LogP contribution in [0.3, 0.4) is 0 Å². The molecule has 6 heteroatoms. The molecule has 1 unspecified atom stereocenters. The predicted molar refractivity (Wildman–Crippen MR) is 83.0 cm³/mol. The molecule has 0 aromatic heterocycles. The topological polar surface area (TPSA) is 67.6 Å². The highest BCUT2D eigenvalue weighted by molar-refractivity contribution is 5.94. The maximum absolute atomic E-state index is 14.1. The molecule has 0 aliphatic heterocycles. The van der Waals surface area contributed by atoms with Gasteiger partial charge in [0.1, 0.15) is 5.82 Å². The molecule has 0 aliphatic carbocycles. The van der Waals surface area contributed by atoms with E-state index in [2.05, 4.69) is 5.32 Å². The van der Waals surface area contributed by atoms with Crippen molar-refractivity contribution in [2.75, 3.05) is 31.0 Å². The first-order valence-corrected chi connectivity index (χ1v) is 6.94. The molecule has 0 saturated heterocycles. The quantitative estimate of drug-likeness (QED) is 0.807. The monoisotopic (exact) mass is 297 g/mol. The molecule has 0 bridgehead atoms. The van der Waals surface area contributed by atoms with Crippen LogP contribution in [-0.4, -0.2) is 38.8 Å². The van der Waals surface area contributed by atoms with Gasteiger partial charge in [-0.25, -0.2) is 4.39 Å². The SMILES string of the molecule is COCCC(N)C(=O)Nc1ccc(N(C)C(C)C)c(F)c1. The Bertz CT molecular complexity index is 480. The van der Waals surface area contributed by atoms with Crippen LogP contribution in [0.5, 0.6) is 0 Å². The normalized spacial score (nSPS) is 12.3. The fraction of sp³-hybridized carbons (Fsp3) is 0.533. The fourth-order valence-corrected chi connectivity index (χ4v) is 1.76. The molecule has 1 aromatic rings. The van der Waals surface area contributed by atoms with Crippen molar-refractivity contribution in [1.82, 2.24) is 0 Å². The smallest absolute Gasteiger partial charge is 0.241 e. The third-order valence-electron chi connectivity index (χ3n) is 3.34. The van der Waals surface area contributed by atoms with E-state index in [1.54, 1.807) is 19.2 Å². The summed E-state index contributed by atoms with van der Waals surface area (Å²) in [5.41, 5.74) is 6.60. The van der Waals surface area contributed by atoms with Crippen LogP contribution in [0.4, 0.5) is 15.8 Å². The van der Waals surface area contributed by atoms with Crippen molar-refractivity contribution >= 4 is 17.3 Å². The molecular formula is C15H24FN3O2. The molecular weight excluding hydrogens is 273 g/mol. The van der Waals surface area contributed by atoms with Gasteiger partial charge < -0.3 is 20.7 Å². The molecule has 0 heterocycles. The number of methoxy groups -OCH3 is 1. The van der Waals surface area contributed by atoms with Gasteiger partial charge in [-0.1, -0.05) is 0 Å². The van der Waals surface area contributed by atoms with Gasteiger partial charge in [0.25, 0.3) is 0 Å². The van der Waals surface area contributed by atoms with E-state index in [9.17, 15) is 9.18 Å². The molecule has 21 heavy (non-hydrogen) atoms. The molecule has 1 aromatic carbocycles. The highest BCUT2D eigenvalue weighted by Crippen LogP contribution is 2.23. The molecule has 1 amide bonds. The van der Waals surface area contributed by atoms with E-state index >= 15 is 0 Å². The van der Waals surface area contributed by atoms with Crippen LogP contribution in [0.15, 0.2) is 18.2 Å². The van der Waals surface area contributed by atoms with E-state index in [1.807, 2.05) is 25.8 Å². The number of rotatable bonds is 7. The van der Waals surface area contributed by atoms with Gasteiger partial charge in [0.15, 0.2) is 0 Å². The molecule has 1 rings (SSSR count). The van der Waals surface area contributed by atoms with E-state index < -0.39 is 6.04 Å². The first kappa shape index (κ1) is 17.4. The second kappa shape index (κ2) is 7.95. The van der Waals surface area contributed by atoms with Crippen molar-refractivity contribution in [3.8, 4) is 0 Å². The molecule has 1 atom stereocenters. The fourth-order valence-electron chi connectivity index (χ4n) is 1.76. The van der Waals surface area contributed by atoms with Gasteiger partial charge in [0.05, 0.1) is 11.7 Å². The highest BCUT2D eigenvalue weighted by atomic mass is 19.1. The van der Waals surface area contributed by atoms with Gasteiger partial charge >= 0.3 is 0 Å². The van der Waals surface area contributed by atoms with Gasteiger partial charge in [0, 0.05) is 32.5 Å². The number of amides is 1. The lowest BCUT2D eigenvalue weighted by molar-refractivity contribution is -0.117. The van der Waals surface area contributed by atoms with Gasteiger partial charge in [0.2, 0.25) is 5.91 Å². The molecule has 0 fully saturated rings. The summed E-state index contributed by atoms with van der Waals surface area (Å²) in [5, 5.41) is 2.61. The Kier molecular flexibility index (Phi) is 6.58. The first-order valence-electron chi connectivity index (χ1n) is 6.94. The van der Waals surface area contributed by atoms with Gasteiger partial charge in [-0.2, -0.15) is 0 Å². The zero-order valence-electron chi connectivity index (χ0n) is 13.0. The molecule has 0 aliphatic rings. The number of carbonyl (C=O) groups excluding carboxylic acids is 1. The summed E-state index contributed by atoms with van der Waals surface area (Å²) in [7, 11) is 3.37. The molecule has 118 valence electrons. The number of hydrogen-bond donors (Lipinski definition) is 2. The van der Waals surface area contributed by atoms with Crippen LogP contribution in [-0.2, 0) is 9.53 Å². The number of ether oxygens (including phenoxy) is 1. The van der Waals surface area contributed by atoms with Crippen LogP contribution >= 0.6 is 0 Å². The number of halogens is 1. The largest absolute Gasteiger partial charge is 0.385 e. The zero-order chi connectivity index (χ0) is 16.0. The average molecular weight is 297 g/mol. The first-order chi connectivity index (χ1) is 9.86. The minimum Gasteiger partial charge on any atom is -0.385 e. The Hall–Kier alpha value is -1.66. The van der Waals surface area contributed by atoms with E-state index in [1.165, 1.54) is 6.07 Å². The lowest BCUT2D eigenvalue weighted by Gasteiger charge is -2.24. The summed E-state index contributed by atoms with van der Waals surface area (Å²) >= 11 is 0. The third-order valence-corrected chi connectivity index (χ3v) is 3.34. The van der Waals surface area contributed by atoms with Crippen LogP contribution in [0.25, 0.3) is 0 Å². The minimum absolute atomic E-state index is 0.183. The molecule has 5 nitrogen and oxygen atoms in total. The number of benzene rings is 1. The van der Waals surface area contributed by atoms with Crippen LogP contribution in [0.1, 0.15) is 20.3 Å². The standard InChI is InChI=1S/C15H24FN3O2/c1-10(2)19(3)14-6-5-11(9-12(14)16)18-15(20)13(17)7-8-21-4/h5-6,9-10,13H,7-8,17H2,1-4H3,(H,18,20). The van der Waals surface area contributed by atoms with Crippen molar-refractivity contribution < 1.29 is 13.9 Å². The van der Waals surface area contributed by atoms with Crippen LogP contribution < -0.4 is 16.0 Å². The molecule has 0 radical (unpaired) electrons.